The lowest BCUT2D eigenvalue weighted by Gasteiger charge is -2.16. The number of carbonyl (C=O) groups is 2. The van der Waals surface area contributed by atoms with Crippen molar-refractivity contribution in [2.45, 2.75) is 18.7 Å². The molecule has 0 atom stereocenters. The van der Waals surface area contributed by atoms with E-state index in [2.05, 4.69) is 0 Å². The van der Waals surface area contributed by atoms with E-state index < -0.39 is 22.0 Å². The Bertz CT molecular complexity index is 1500. The van der Waals surface area contributed by atoms with Crippen LogP contribution in [0.2, 0.25) is 0 Å². The molecule has 35 heavy (non-hydrogen) atoms. The summed E-state index contributed by atoms with van der Waals surface area (Å²) >= 11 is 1.24. The van der Waals surface area contributed by atoms with E-state index in [0.717, 1.165) is 3.97 Å². The van der Waals surface area contributed by atoms with Gasteiger partial charge in [-0.1, -0.05) is 42.5 Å². The van der Waals surface area contributed by atoms with Gasteiger partial charge in [0.2, 0.25) is 0 Å². The zero-order chi connectivity index (χ0) is 25.0. The van der Waals surface area contributed by atoms with Gasteiger partial charge in [-0.2, -0.15) is 0 Å². The summed E-state index contributed by atoms with van der Waals surface area (Å²) in [7, 11) is -4.16. The Hall–Kier alpha value is -3.69. The molecule has 2 aromatic carbocycles. The molecule has 4 aromatic rings. The maximum absolute atomic E-state index is 13.9. The average molecular weight is 510 g/mol. The number of ether oxygens (including phenoxy) is 2. The fraction of sp³-hybridized carbons (Fsp3) is 0.154. The Balaban J connectivity index is 2.15. The number of hydrogen-bond acceptors (Lipinski definition) is 7. The molecular weight excluding hydrogens is 486 g/mol. The summed E-state index contributed by atoms with van der Waals surface area (Å²) in [5, 5.41) is 2.34. The van der Waals surface area contributed by atoms with Crippen molar-refractivity contribution in [3.8, 4) is 0 Å². The molecule has 0 N–H and O–H groups in total. The molecule has 0 spiro atoms. The van der Waals surface area contributed by atoms with Crippen molar-refractivity contribution in [1.29, 1.82) is 0 Å². The van der Waals surface area contributed by atoms with Crippen LogP contribution in [0.15, 0.2) is 83.1 Å². The summed E-state index contributed by atoms with van der Waals surface area (Å²) in [5.74, 6) is -1.57. The minimum absolute atomic E-state index is 0.0185. The summed E-state index contributed by atoms with van der Waals surface area (Å²) in [5.41, 5.74) is 0.156. The first-order chi connectivity index (χ1) is 16.9. The number of hydrogen-bond donors (Lipinski definition) is 0. The molecule has 2 heterocycles. The number of thiophene rings is 1. The van der Waals surface area contributed by atoms with Crippen LogP contribution >= 0.6 is 11.3 Å². The average Bonchev–Trinajstić information content (AvgIpc) is 3.51. The second-order valence-corrected chi connectivity index (χ2v) is 10.1. The van der Waals surface area contributed by atoms with Gasteiger partial charge in [0.25, 0.3) is 10.0 Å². The summed E-state index contributed by atoms with van der Waals surface area (Å²) < 4.78 is 39.5. The van der Waals surface area contributed by atoms with Gasteiger partial charge >= 0.3 is 11.9 Å². The van der Waals surface area contributed by atoms with Gasteiger partial charge in [-0.15, -0.1) is 11.3 Å². The van der Waals surface area contributed by atoms with Gasteiger partial charge in [-0.05, 0) is 49.6 Å². The molecule has 9 heteroatoms. The monoisotopic (exact) mass is 509 g/mol. The van der Waals surface area contributed by atoms with Crippen molar-refractivity contribution >= 4 is 55.3 Å². The predicted molar refractivity (Wildman–Crippen MR) is 135 cm³/mol. The summed E-state index contributed by atoms with van der Waals surface area (Å²) in [6.45, 7) is 3.41. The van der Waals surface area contributed by atoms with Crippen LogP contribution < -0.4 is 0 Å². The Labute approximate surface area is 207 Å². The molecule has 0 amide bonds. The Morgan fingerprint density at radius 3 is 2.09 bits per heavy atom. The number of carbonyl (C=O) groups excluding carboxylic acids is 2. The molecule has 0 saturated carbocycles. The van der Waals surface area contributed by atoms with E-state index in [1.54, 1.807) is 79.9 Å². The highest BCUT2D eigenvalue weighted by Gasteiger charge is 2.33. The zero-order valence-electron chi connectivity index (χ0n) is 19.1. The zero-order valence-corrected chi connectivity index (χ0v) is 20.8. The van der Waals surface area contributed by atoms with Gasteiger partial charge in [-0.3, -0.25) is 0 Å². The molecule has 7 nitrogen and oxygen atoms in total. The first-order valence-electron chi connectivity index (χ1n) is 10.9. The number of esters is 2. The van der Waals surface area contributed by atoms with Crippen LogP contribution in [-0.2, 0) is 29.1 Å². The number of nitrogens with zero attached hydrogens (tertiary/aromatic N) is 1. The number of aromatic nitrogens is 1. The fourth-order valence-electron chi connectivity index (χ4n) is 3.75. The number of rotatable bonds is 8. The maximum Gasteiger partial charge on any atom is 0.341 e. The minimum atomic E-state index is -4.16. The molecule has 0 aliphatic carbocycles. The smallest absolute Gasteiger partial charge is 0.341 e. The summed E-state index contributed by atoms with van der Waals surface area (Å²) in [6, 6.07) is 19.8. The molecule has 2 aromatic heterocycles. The van der Waals surface area contributed by atoms with Crippen molar-refractivity contribution in [3.05, 3.63) is 88.7 Å². The minimum Gasteiger partial charge on any atom is -0.462 e. The first-order valence-corrected chi connectivity index (χ1v) is 13.3. The molecule has 4 rings (SSSR count). The normalized spacial score (nSPS) is 12.3. The van der Waals surface area contributed by atoms with Gasteiger partial charge in [0.1, 0.15) is 5.57 Å². The predicted octanol–water partition coefficient (Wildman–Crippen LogP) is 4.98. The van der Waals surface area contributed by atoms with Crippen molar-refractivity contribution in [2.75, 3.05) is 13.2 Å². The van der Waals surface area contributed by atoms with Crippen LogP contribution in [0.1, 0.15) is 24.4 Å². The van der Waals surface area contributed by atoms with Gasteiger partial charge in [0, 0.05) is 10.3 Å². The van der Waals surface area contributed by atoms with Gasteiger partial charge < -0.3 is 9.47 Å². The second kappa shape index (κ2) is 10.3. The molecule has 0 bridgehead atoms. The van der Waals surface area contributed by atoms with Crippen molar-refractivity contribution < 1.29 is 27.5 Å². The Morgan fingerprint density at radius 1 is 0.829 bits per heavy atom. The van der Waals surface area contributed by atoms with Crippen molar-refractivity contribution in [1.82, 2.24) is 3.97 Å². The van der Waals surface area contributed by atoms with Crippen LogP contribution in [0.25, 0.3) is 22.0 Å². The lowest BCUT2D eigenvalue weighted by molar-refractivity contribution is -0.138. The largest absolute Gasteiger partial charge is 0.462 e. The Morgan fingerprint density at radius 2 is 1.46 bits per heavy atom. The van der Waals surface area contributed by atoms with Crippen molar-refractivity contribution in [3.63, 3.8) is 0 Å². The third-order valence-corrected chi connectivity index (χ3v) is 7.81. The summed E-state index contributed by atoms with van der Waals surface area (Å²) in [6.07, 6.45) is 0. The van der Waals surface area contributed by atoms with E-state index in [9.17, 15) is 18.0 Å². The molecule has 0 aliphatic rings. The standard InChI is InChI=1S/C26H23NO6S2/c1-3-32-25(28)23(24(26(29)33-4-2)22-15-10-16-34-22)21-17-18-11-8-9-14-20(18)27(21)35(30,31)19-12-6-5-7-13-19/h5-17H,3-4H2,1-2H3/b24-23-. The van der Waals surface area contributed by atoms with E-state index >= 15 is 0 Å². The molecular formula is C26H23NO6S2. The Kier molecular flexibility index (Phi) is 7.18. The van der Waals surface area contributed by atoms with E-state index in [4.69, 9.17) is 9.47 Å². The topological polar surface area (TPSA) is 91.7 Å². The highest BCUT2D eigenvalue weighted by molar-refractivity contribution is 7.90. The number of fused-ring (bicyclic) bond motifs is 1. The summed E-state index contributed by atoms with van der Waals surface area (Å²) in [4.78, 5) is 27.1. The van der Waals surface area contributed by atoms with Gasteiger partial charge in [0.15, 0.2) is 0 Å². The molecule has 180 valence electrons. The van der Waals surface area contributed by atoms with Crippen LogP contribution in [0.3, 0.4) is 0 Å². The molecule has 0 saturated heterocycles. The fourth-order valence-corrected chi connectivity index (χ4v) is 6.05. The third-order valence-electron chi connectivity index (χ3n) is 5.18. The van der Waals surface area contributed by atoms with Crippen molar-refractivity contribution in [2.24, 2.45) is 0 Å². The third kappa shape index (κ3) is 4.65. The molecule has 0 unspecified atom stereocenters. The number of benzene rings is 2. The van der Waals surface area contributed by atoms with Crippen LogP contribution in [0, 0.1) is 0 Å². The number of para-hydroxylation sites is 1. The van der Waals surface area contributed by atoms with Crippen LogP contribution in [0.4, 0.5) is 0 Å². The van der Waals surface area contributed by atoms with Crippen LogP contribution in [-0.4, -0.2) is 37.5 Å². The quantitative estimate of drug-likeness (QED) is 0.246. The van der Waals surface area contributed by atoms with E-state index in [1.165, 1.54) is 23.5 Å². The highest BCUT2D eigenvalue weighted by atomic mass is 32.2. The lowest BCUT2D eigenvalue weighted by Crippen LogP contribution is -2.21. The molecule has 0 aliphatic heterocycles. The van der Waals surface area contributed by atoms with Crippen LogP contribution in [0.5, 0.6) is 0 Å². The second-order valence-electron chi connectivity index (χ2n) is 7.34. The van der Waals surface area contributed by atoms with Gasteiger partial charge in [-0.25, -0.2) is 22.0 Å². The maximum atomic E-state index is 13.9. The first kappa shape index (κ1) is 24.4. The van der Waals surface area contributed by atoms with E-state index in [-0.39, 0.29) is 34.9 Å². The van der Waals surface area contributed by atoms with E-state index in [0.29, 0.717) is 15.8 Å². The lowest BCUT2D eigenvalue weighted by atomic mass is 10.0. The van der Waals surface area contributed by atoms with E-state index in [1.807, 2.05) is 0 Å². The van der Waals surface area contributed by atoms with Gasteiger partial charge in [0.05, 0.1) is 34.9 Å². The molecule has 0 radical (unpaired) electrons. The SMILES string of the molecule is CCOC(=O)/C(=C(\C(=O)OCC)c1cc2ccccc2n1S(=O)(=O)c1ccccc1)c1cccs1. The highest BCUT2D eigenvalue weighted by Crippen LogP contribution is 2.36. The molecule has 0 fully saturated rings.